The van der Waals surface area contributed by atoms with Crippen molar-refractivity contribution in [3.63, 3.8) is 0 Å². The molecule has 0 N–H and O–H groups in total. The predicted molar refractivity (Wildman–Crippen MR) is 121 cm³/mol. The first kappa shape index (κ1) is 21.5. The standard InChI is InChI=1S/C24H20O3.C3H8/c1-15(25)17-8-4-5-9-18(17)23(26)16-12-13-22-20(14-16)24(2,3)19-10-6-7-11-21(19)27-22;1-3-2/h4-14H,1-3H3;3H2,1-2H3. The van der Waals surface area contributed by atoms with Gasteiger partial charge in [-0.15, -0.1) is 0 Å². The molecule has 0 unspecified atom stereocenters. The Balaban J connectivity index is 0.000000806. The molecule has 1 aliphatic rings. The second kappa shape index (κ2) is 8.66. The van der Waals surface area contributed by atoms with Gasteiger partial charge in [0.1, 0.15) is 11.5 Å². The molecule has 1 aliphatic heterocycles. The number of hydrogen-bond acceptors (Lipinski definition) is 3. The summed E-state index contributed by atoms with van der Waals surface area (Å²) in [7, 11) is 0. The summed E-state index contributed by atoms with van der Waals surface area (Å²) < 4.78 is 6.05. The van der Waals surface area contributed by atoms with E-state index in [0.717, 1.165) is 22.6 Å². The number of hydrogen-bond donors (Lipinski definition) is 0. The summed E-state index contributed by atoms with van der Waals surface area (Å²) in [6.45, 7) is 9.99. The van der Waals surface area contributed by atoms with Crippen molar-refractivity contribution in [2.24, 2.45) is 0 Å². The first-order chi connectivity index (χ1) is 14.3. The highest BCUT2D eigenvalue weighted by atomic mass is 16.5. The average Bonchev–Trinajstić information content (AvgIpc) is 2.74. The normalized spacial score (nSPS) is 13.1. The number of fused-ring (bicyclic) bond motifs is 2. The molecule has 0 saturated carbocycles. The Kier molecular flexibility index (Phi) is 6.21. The van der Waals surface area contributed by atoms with Gasteiger partial charge in [-0.2, -0.15) is 0 Å². The van der Waals surface area contributed by atoms with Crippen LogP contribution in [0.2, 0.25) is 0 Å². The fourth-order valence-electron chi connectivity index (χ4n) is 3.73. The lowest BCUT2D eigenvalue weighted by Crippen LogP contribution is -2.24. The van der Waals surface area contributed by atoms with E-state index in [1.165, 1.54) is 13.3 Å². The number of para-hydroxylation sites is 1. The lowest BCUT2D eigenvalue weighted by molar-refractivity contribution is 0.0990. The number of ketones is 2. The van der Waals surface area contributed by atoms with E-state index in [4.69, 9.17) is 4.74 Å². The van der Waals surface area contributed by atoms with E-state index >= 15 is 0 Å². The summed E-state index contributed by atoms with van der Waals surface area (Å²) in [6, 6.07) is 20.4. The molecular formula is C27H28O3. The van der Waals surface area contributed by atoms with E-state index in [1.807, 2.05) is 30.3 Å². The topological polar surface area (TPSA) is 43.4 Å². The van der Waals surface area contributed by atoms with Gasteiger partial charge in [0, 0.05) is 33.2 Å². The van der Waals surface area contributed by atoms with Crippen LogP contribution in [0.4, 0.5) is 0 Å². The molecule has 3 aromatic carbocycles. The highest BCUT2D eigenvalue weighted by Gasteiger charge is 2.34. The van der Waals surface area contributed by atoms with Crippen molar-refractivity contribution in [3.05, 3.63) is 94.5 Å². The minimum Gasteiger partial charge on any atom is -0.457 e. The van der Waals surface area contributed by atoms with Gasteiger partial charge in [-0.3, -0.25) is 9.59 Å². The van der Waals surface area contributed by atoms with Gasteiger partial charge in [0.05, 0.1) is 0 Å². The molecule has 4 rings (SSSR count). The van der Waals surface area contributed by atoms with E-state index in [0.29, 0.717) is 16.7 Å². The number of rotatable bonds is 3. The molecule has 3 heteroatoms. The zero-order valence-corrected chi connectivity index (χ0v) is 18.3. The van der Waals surface area contributed by atoms with E-state index in [-0.39, 0.29) is 17.0 Å². The maximum absolute atomic E-state index is 13.1. The molecule has 0 bridgehead atoms. The highest BCUT2D eigenvalue weighted by molar-refractivity contribution is 6.15. The zero-order valence-electron chi connectivity index (χ0n) is 18.3. The molecule has 0 saturated heterocycles. The maximum Gasteiger partial charge on any atom is 0.193 e. The van der Waals surface area contributed by atoms with Gasteiger partial charge >= 0.3 is 0 Å². The van der Waals surface area contributed by atoms with Gasteiger partial charge in [-0.1, -0.05) is 76.6 Å². The Hall–Kier alpha value is -3.20. The summed E-state index contributed by atoms with van der Waals surface area (Å²) in [4.78, 5) is 25.0. The van der Waals surface area contributed by atoms with E-state index in [2.05, 4.69) is 33.8 Å². The molecule has 0 radical (unpaired) electrons. The zero-order chi connectivity index (χ0) is 21.9. The molecule has 0 aliphatic carbocycles. The van der Waals surface area contributed by atoms with Gasteiger partial charge in [0.2, 0.25) is 0 Å². The van der Waals surface area contributed by atoms with Crippen molar-refractivity contribution in [2.75, 3.05) is 0 Å². The molecule has 0 amide bonds. The largest absolute Gasteiger partial charge is 0.457 e. The smallest absolute Gasteiger partial charge is 0.193 e. The molecule has 0 spiro atoms. The Bertz CT molecular complexity index is 1090. The lowest BCUT2D eigenvalue weighted by Gasteiger charge is -2.34. The van der Waals surface area contributed by atoms with E-state index in [1.54, 1.807) is 30.3 Å². The van der Waals surface area contributed by atoms with Crippen LogP contribution in [0.3, 0.4) is 0 Å². The summed E-state index contributed by atoms with van der Waals surface area (Å²) >= 11 is 0. The second-order valence-electron chi connectivity index (χ2n) is 8.07. The lowest BCUT2D eigenvalue weighted by atomic mass is 9.75. The number of Topliss-reactive ketones (excluding diaryl/α,β-unsaturated/α-hetero) is 1. The molecule has 0 fully saturated rings. The van der Waals surface area contributed by atoms with E-state index in [9.17, 15) is 9.59 Å². The fourth-order valence-corrected chi connectivity index (χ4v) is 3.73. The van der Waals surface area contributed by atoms with Crippen molar-refractivity contribution in [1.29, 1.82) is 0 Å². The Morgan fingerprint density at radius 3 is 2.03 bits per heavy atom. The summed E-state index contributed by atoms with van der Waals surface area (Å²) in [5.74, 6) is 1.33. The molecular weight excluding hydrogens is 372 g/mol. The van der Waals surface area contributed by atoms with Gasteiger partial charge in [-0.25, -0.2) is 0 Å². The quantitative estimate of drug-likeness (QED) is 0.446. The highest BCUT2D eigenvalue weighted by Crippen LogP contribution is 2.47. The number of benzene rings is 3. The SMILES string of the molecule is CC(=O)c1ccccc1C(=O)c1ccc2c(c1)C(C)(C)c1ccccc1O2.CCC. The van der Waals surface area contributed by atoms with Crippen LogP contribution in [0.25, 0.3) is 0 Å². The molecule has 1 heterocycles. The minimum absolute atomic E-state index is 0.116. The maximum atomic E-state index is 13.1. The third-order valence-electron chi connectivity index (χ3n) is 5.25. The summed E-state index contributed by atoms with van der Waals surface area (Å²) in [6.07, 6.45) is 1.25. The molecule has 30 heavy (non-hydrogen) atoms. The van der Waals surface area contributed by atoms with Gasteiger partial charge in [-0.05, 0) is 31.2 Å². The molecule has 154 valence electrons. The third-order valence-corrected chi connectivity index (χ3v) is 5.25. The van der Waals surface area contributed by atoms with Crippen LogP contribution in [0, 0.1) is 0 Å². The van der Waals surface area contributed by atoms with Crippen molar-refractivity contribution in [2.45, 2.75) is 46.5 Å². The van der Waals surface area contributed by atoms with Crippen LogP contribution in [-0.2, 0) is 5.41 Å². The molecule has 0 aromatic heterocycles. The minimum atomic E-state index is -0.291. The number of carbonyl (C=O) groups excluding carboxylic acids is 2. The predicted octanol–water partition coefficient (Wildman–Crippen LogP) is 6.97. The van der Waals surface area contributed by atoms with Crippen LogP contribution in [0.1, 0.15) is 78.4 Å². The number of ether oxygens (including phenoxy) is 1. The van der Waals surface area contributed by atoms with Crippen LogP contribution in [0.15, 0.2) is 66.7 Å². The van der Waals surface area contributed by atoms with Crippen LogP contribution in [0.5, 0.6) is 11.5 Å². The molecule has 3 aromatic rings. The fraction of sp³-hybridized carbons (Fsp3) is 0.259. The summed E-state index contributed by atoms with van der Waals surface area (Å²) in [5.41, 5.74) is 3.19. The third kappa shape index (κ3) is 3.93. The van der Waals surface area contributed by atoms with Crippen molar-refractivity contribution in [1.82, 2.24) is 0 Å². The van der Waals surface area contributed by atoms with Crippen LogP contribution in [-0.4, -0.2) is 11.6 Å². The average molecular weight is 401 g/mol. The summed E-state index contributed by atoms with van der Waals surface area (Å²) in [5, 5.41) is 0. The Morgan fingerprint density at radius 1 is 0.800 bits per heavy atom. The Labute approximate surface area is 178 Å². The van der Waals surface area contributed by atoms with Crippen molar-refractivity contribution >= 4 is 11.6 Å². The van der Waals surface area contributed by atoms with Gasteiger partial charge in [0.15, 0.2) is 11.6 Å². The number of carbonyl (C=O) groups is 2. The van der Waals surface area contributed by atoms with Gasteiger partial charge < -0.3 is 4.74 Å². The first-order valence-corrected chi connectivity index (χ1v) is 10.4. The van der Waals surface area contributed by atoms with Crippen LogP contribution < -0.4 is 4.74 Å². The van der Waals surface area contributed by atoms with Crippen molar-refractivity contribution in [3.8, 4) is 11.5 Å². The molecule has 0 atom stereocenters. The monoisotopic (exact) mass is 400 g/mol. The Morgan fingerprint density at radius 2 is 1.37 bits per heavy atom. The first-order valence-electron chi connectivity index (χ1n) is 10.4. The van der Waals surface area contributed by atoms with Gasteiger partial charge in [0.25, 0.3) is 0 Å². The van der Waals surface area contributed by atoms with Crippen LogP contribution >= 0.6 is 0 Å². The van der Waals surface area contributed by atoms with E-state index < -0.39 is 0 Å². The molecule has 3 nitrogen and oxygen atoms in total. The second-order valence-corrected chi connectivity index (χ2v) is 8.07. The van der Waals surface area contributed by atoms with Crippen molar-refractivity contribution < 1.29 is 14.3 Å².